The molecule has 1 aromatic carbocycles. The molecule has 0 aliphatic carbocycles. The Morgan fingerprint density at radius 3 is 2.28 bits per heavy atom. The fourth-order valence-corrected chi connectivity index (χ4v) is 1.24. The first-order valence-electron chi connectivity index (χ1n) is 4.18. The Balaban J connectivity index is -0.000000750. The second-order valence-electron chi connectivity index (χ2n) is 2.83. The average Bonchev–Trinajstić information content (AvgIpc) is 2.13. The van der Waals surface area contributed by atoms with E-state index in [1.165, 1.54) is 12.3 Å². The molecule has 18 heavy (non-hydrogen) atoms. The summed E-state index contributed by atoms with van der Waals surface area (Å²) >= 11 is 0. The molecule has 0 unspecified atom stereocenters. The summed E-state index contributed by atoms with van der Waals surface area (Å²) in [5, 5.41) is 11.1. The molecule has 0 saturated heterocycles. The van der Waals surface area contributed by atoms with E-state index in [9.17, 15) is 18.1 Å². The van der Waals surface area contributed by atoms with Gasteiger partial charge in [0.2, 0.25) is 0 Å². The smallest absolute Gasteiger partial charge is 0.872 e. The monoisotopic (exact) mass is 326 g/mol. The summed E-state index contributed by atoms with van der Waals surface area (Å²) in [6, 6.07) is 6.22. The average molecular weight is 327 g/mol. The van der Waals surface area contributed by atoms with Crippen molar-refractivity contribution in [2.45, 2.75) is 0 Å². The standard InChI is InChI=1S/C9H11NO4S.Cu.2H2O/c11-9-4-2-1-3-8(9)7-10-5-6-15(12,13)14;;;/h1-4,7,11H,5-6H2,(H,12,13,14);;2*1H2/q;+2;;/p-2. The first-order chi connectivity index (χ1) is 6.99. The fraction of sp³-hybridized carbons (Fsp3) is 0.222. The summed E-state index contributed by atoms with van der Waals surface area (Å²) in [6.07, 6.45) is 1.27. The third-order valence-electron chi connectivity index (χ3n) is 1.62. The van der Waals surface area contributed by atoms with Crippen molar-refractivity contribution >= 4 is 16.3 Å². The summed E-state index contributed by atoms with van der Waals surface area (Å²) in [5.41, 5.74) is 0.376. The summed E-state index contributed by atoms with van der Waals surface area (Å²) in [4.78, 5) is 3.68. The number of nitrogens with zero attached hydrogens (tertiary/aromatic N) is 1. The van der Waals surface area contributed by atoms with E-state index in [-0.39, 0.29) is 40.3 Å². The van der Waals surface area contributed by atoms with E-state index >= 15 is 0 Å². The van der Waals surface area contributed by atoms with E-state index in [0.717, 1.165) is 0 Å². The molecule has 1 radical (unpaired) electrons. The van der Waals surface area contributed by atoms with Crippen LogP contribution in [0.25, 0.3) is 0 Å². The third kappa shape index (κ3) is 9.11. The fourth-order valence-electron chi connectivity index (χ4n) is 0.915. The molecule has 0 fully saturated rings. The number of benzene rings is 1. The van der Waals surface area contributed by atoms with Crippen molar-refractivity contribution in [3.63, 3.8) is 0 Å². The molecule has 0 aliphatic rings. The normalized spacial score (nSPS) is 10.1. The minimum atomic E-state index is -4.23. The summed E-state index contributed by atoms with van der Waals surface area (Å²) < 4.78 is 30.7. The molecule has 1 aromatic rings. The van der Waals surface area contributed by atoms with Gasteiger partial charge in [0.1, 0.15) is 0 Å². The SMILES string of the molecule is O.O.O=S(=O)([O-])CCN=Cc1ccccc1[O-].[Cu+2]. The Labute approximate surface area is 115 Å². The summed E-state index contributed by atoms with van der Waals surface area (Å²) in [5.74, 6) is -0.740. The van der Waals surface area contributed by atoms with E-state index < -0.39 is 15.9 Å². The molecule has 107 valence electrons. The van der Waals surface area contributed by atoms with Crippen LogP contribution in [0.4, 0.5) is 0 Å². The van der Waals surface area contributed by atoms with Crippen LogP contribution in [0.15, 0.2) is 29.3 Å². The number of hydrogen-bond donors (Lipinski definition) is 0. The van der Waals surface area contributed by atoms with Crippen molar-refractivity contribution < 1.29 is 46.1 Å². The van der Waals surface area contributed by atoms with Gasteiger partial charge in [-0.15, -0.1) is 5.75 Å². The Bertz CT molecular complexity index is 462. The molecule has 1 rings (SSSR count). The van der Waals surface area contributed by atoms with E-state index in [1.807, 2.05) is 0 Å². The zero-order chi connectivity index (χ0) is 11.3. The van der Waals surface area contributed by atoms with E-state index in [1.54, 1.807) is 18.2 Å². The van der Waals surface area contributed by atoms with Crippen LogP contribution in [0.2, 0.25) is 0 Å². The molecule has 0 bridgehead atoms. The minimum absolute atomic E-state index is 0. The first-order valence-corrected chi connectivity index (χ1v) is 5.76. The predicted molar refractivity (Wildman–Crippen MR) is 60.1 cm³/mol. The van der Waals surface area contributed by atoms with Crippen molar-refractivity contribution in [3.05, 3.63) is 29.8 Å². The molecular formula is C9H13CuNO6S. The maximum Gasteiger partial charge on any atom is 2.00 e. The Morgan fingerprint density at radius 2 is 1.78 bits per heavy atom. The molecule has 0 atom stereocenters. The van der Waals surface area contributed by atoms with Gasteiger partial charge >= 0.3 is 17.1 Å². The maximum atomic E-state index is 11.1. The van der Waals surface area contributed by atoms with Crippen LogP contribution < -0.4 is 5.11 Å². The van der Waals surface area contributed by atoms with Crippen LogP contribution in [0.5, 0.6) is 5.75 Å². The summed E-state index contributed by atoms with van der Waals surface area (Å²) in [7, 11) is -4.23. The van der Waals surface area contributed by atoms with Gasteiger partial charge in [-0.05, 0) is 5.56 Å². The minimum Gasteiger partial charge on any atom is -0.872 e. The van der Waals surface area contributed by atoms with Gasteiger partial charge in [-0.25, -0.2) is 8.42 Å². The number of aliphatic imine (C=N–C) groups is 1. The zero-order valence-electron chi connectivity index (χ0n) is 9.09. The van der Waals surface area contributed by atoms with E-state index in [0.29, 0.717) is 5.56 Å². The van der Waals surface area contributed by atoms with Gasteiger partial charge in [0.25, 0.3) is 0 Å². The van der Waals surface area contributed by atoms with Crippen molar-refractivity contribution in [2.75, 3.05) is 12.3 Å². The Morgan fingerprint density at radius 1 is 1.22 bits per heavy atom. The molecule has 9 heteroatoms. The zero-order valence-corrected chi connectivity index (χ0v) is 10.8. The largest absolute Gasteiger partial charge is 2.00 e. The van der Waals surface area contributed by atoms with Crippen LogP contribution in [-0.4, -0.2) is 42.4 Å². The molecule has 0 saturated carbocycles. The molecule has 0 aliphatic heterocycles. The molecule has 7 nitrogen and oxygen atoms in total. The number of hydrogen-bond acceptors (Lipinski definition) is 5. The second kappa shape index (κ2) is 10.0. The quantitative estimate of drug-likeness (QED) is 0.358. The van der Waals surface area contributed by atoms with Crippen LogP contribution in [-0.2, 0) is 27.2 Å². The van der Waals surface area contributed by atoms with Crippen molar-refractivity contribution in [1.29, 1.82) is 0 Å². The van der Waals surface area contributed by atoms with Gasteiger partial charge in [0.15, 0.2) is 0 Å². The van der Waals surface area contributed by atoms with Crippen molar-refractivity contribution in [3.8, 4) is 5.75 Å². The summed E-state index contributed by atoms with van der Waals surface area (Å²) in [6.45, 7) is -0.125. The Hall–Kier alpha value is -0.961. The molecular weight excluding hydrogens is 314 g/mol. The van der Waals surface area contributed by atoms with Crippen LogP contribution in [0.3, 0.4) is 0 Å². The van der Waals surface area contributed by atoms with Crippen LogP contribution in [0.1, 0.15) is 5.56 Å². The van der Waals surface area contributed by atoms with Crippen LogP contribution >= 0.6 is 0 Å². The predicted octanol–water partition coefficient (Wildman–Crippen LogP) is -1.93. The van der Waals surface area contributed by atoms with Gasteiger partial charge in [0, 0.05) is 6.21 Å². The topological polar surface area (TPSA) is 156 Å². The van der Waals surface area contributed by atoms with Crippen LogP contribution in [0, 0.1) is 0 Å². The van der Waals surface area contributed by atoms with E-state index in [2.05, 4.69) is 4.99 Å². The third-order valence-corrected chi connectivity index (χ3v) is 2.30. The molecule has 4 N–H and O–H groups in total. The number of para-hydroxylation sites is 1. The second-order valence-corrected chi connectivity index (χ2v) is 4.36. The Kier molecular flexibility index (Phi) is 12.4. The van der Waals surface area contributed by atoms with Crippen molar-refractivity contribution in [1.82, 2.24) is 0 Å². The van der Waals surface area contributed by atoms with Gasteiger partial charge in [-0.1, -0.05) is 24.3 Å². The molecule has 0 heterocycles. The molecule has 0 spiro atoms. The van der Waals surface area contributed by atoms with Gasteiger partial charge in [0.05, 0.1) is 22.4 Å². The maximum absolute atomic E-state index is 11.1. The van der Waals surface area contributed by atoms with Gasteiger partial charge in [-0.3, -0.25) is 4.99 Å². The molecule has 0 aromatic heterocycles. The molecule has 0 amide bonds. The van der Waals surface area contributed by atoms with Crippen molar-refractivity contribution in [2.24, 2.45) is 4.99 Å². The van der Waals surface area contributed by atoms with Gasteiger partial charge in [-0.2, -0.15) is 0 Å². The first kappa shape index (κ1) is 22.2. The van der Waals surface area contributed by atoms with E-state index in [4.69, 9.17) is 0 Å². The number of rotatable bonds is 4. The van der Waals surface area contributed by atoms with Gasteiger partial charge < -0.3 is 20.6 Å².